The van der Waals surface area contributed by atoms with Crippen molar-refractivity contribution in [3.05, 3.63) is 71.5 Å². The Balaban J connectivity index is 1.60. The number of ether oxygens (including phenoxy) is 1. The van der Waals surface area contributed by atoms with Crippen LogP contribution in [0.1, 0.15) is 49.8 Å². The Labute approximate surface area is 187 Å². The number of hydrogen-bond donors (Lipinski definition) is 0. The van der Waals surface area contributed by atoms with E-state index in [0.29, 0.717) is 31.6 Å². The summed E-state index contributed by atoms with van der Waals surface area (Å²) < 4.78 is 19.9. The molecule has 0 radical (unpaired) electrons. The molecule has 0 aromatic heterocycles. The van der Waals surface area contributed by atoms with E-state index >= 15 is 0 Å². The second-order valence-electron chi connectivity index (χ2n) is 8.13. The maximum Gasteiger partial charge on any atom is 0.323 e. The molecule has 1 saturated heterocycles. The summed E-state index contributed by atoms with van der Waals surface area (Å²) in [5.74, 6) is -0.900. The van der Waals surface area contributed by atoms with Gasteiger partial charge in [-0.2, -0.15) is 5.10 Å². The Kier molecular flexibility index (Phi) is 6.95. The average molecular weight is 438 g/mol. The molecule has 0 unspecified atom stereocenters. The van der Waals surface area contributed by atoms with Crippen molar-refractivity contribution in [1.82, 2.24) is 9.91 Å². The second-order valence-corrected chi connectivity index (χ2v) is 8.13. The van der Waals surface area contributed by atoms with Crippen molar-refractivity contribution in [3.63, 3.8) is 0 Å². The number of amides is 1. The summed E-state index contributed by atoms with van der Waals surface area (Å²) in [4.78, 5) is 27.7. The number of halogens is 1. The predicted molar refractivity (Wildman–Crippen MR) is 119 cm³/mol. The molecule has 32 heavy (non-hydrogen) atoms. The van der Waals surface area contributed by atoms with E-state index in [-0.39, 0.29) is 24.2 Å². The number of carbonyl (C=O) groups excluding carboxylic acids is 2. The topological polar surface area (TPSA) is 62.2 Å². The van der Waals surface area contributed by atoms with Gasteiger partial charge in [-0.1, -0.05) is 55.0 Å². The molecule has 7 heteroatoms. The maximum atomic E-state index is 14.7. The molecule has 0 aliphatic carbocycles. The average Bonchev–Trinajstić information content (AvgIpc) is 3.26. The molecule has 4 rings (SSSR count). The third-order valence-corrected chi connectivity index (χ3v) is 6.05. The number of rotatable bonds is 6. The van der Waals surface area contributed by atoms with E-state index in [0.717, 1.165) is 24.1 Å². The minimum Gasteiger partial charge on any atom is -0.465 e. The van der Waals surface area contributed by atoms with Crippen LogP contribution in [0.2, 0.25) is 0 Å². The van der Waals surface area contributed by atoms with Crippen LogP contribution >= 0.6 is 0 Å². The molecule has 0 N–H and O–H groups in total. The molecule has 2 aromatic carbocycles. The Morgan fingerprint density at radius 3 is 2.59 bits per heavy atom. The van der Waals surface area contributed by atoms with Gasteiger partial charge in [-0.25, -0.2) is 9.40 Å². The van der Waals surface area contributed by atoms with Crippen molar-refractivity contribution in [2.45, 2.75) is 44.7 Å². The third-order valence-electron chi connectivity index (χ3n) is 6.05. The lowest BCUT2D eigenvalue weighted by molar-refractivity contribution is -0.152. The van der Waals surface area contributed by atoms with Gasteiger partial charge in [-0.05, 0) is 37.9 Å². The molecule has 0 bridgehead atoms. The monoisotopic (exact) mass is 437 g/mol. The number of piperidine rings is 1. The fraction of sp³-hybridized carbons (Fsp3) is 0.400. The zero-order valence-corrected chi connectivity index (χ0v) is 18.2. The largest absolute Gasteiger partial charge is 0.465 e. The van der Waals surface area contributed by atoms with Gasteiger partial charge in [0, 0.05) is 12.0 Å². The van der Waals surface area contributed by atoms with Crippen molar-refractivity contribution in [1.29, 1.82) is 0 Å². The molecule has 2 heterocycles. The standard InChI is InChI=1S/C25H28FN3O3/c1-2-32-25(31)22-14-8-9-15-28(22)17-24(30)29-23(19-12-6-7-13-20(19)26)16-21(27-29)18-10-4-3-5-11-18/h3-7,10-13,22-23H,2,8-9,14-17H2,1H3/t22-,23-/m1/s1. The lowest BCUT2D eigenvalue weighted by Crippen LogP contribution is -2.49. The van der Waals surface area contributed by atoms with E-state index in [4.69, 9.17) is 4.74 Å². The molecule has 6 nitrogen and oxygen atoms in total. The van der Waals surface area contributed by atoms with Crippen LogP contribution < -0.4 is 0 Å². The van der Waals surface area contributed by atoms with E-state index in [1.165, 1.54) is 11.1 Å². The molecular formula is C25H28FN3O3. The molecule has 1 amide bonds. The van der Waals surface area contributed by atoms with Gasteiger partial charge < -0.3 is 4.74 Å². The van der Waals surface area contributed by atoms with Crippen LogP contribution in [0.4, 0.5) is 4.39 Å². The number of hydrazone groups is 1. The first-order chi connectivity index (χ1) is 15.6. The molecule has 1 fully saturated rings. The summed E-state index contributed by atoms with van der Waals surface area (Å²) >= 11 is 0. The summed E-state index contributed by atoms with van der Waals surface area (Å²) in [6, 6.07) is 15.2. The molecule has 2 atom stereocenters. The van der Waals surface area contributed by atoms with Crippen molar-refractivity contribution in [2.24, 2.45) is 5.10 Å². The van der Waals surface area contributed by atoms with E-state index in [1.54, 1.807) is 25.1 Å². The minimum absolute atomic E-state index is 0.0417. The molecule has 2 aliphatic rings. The molecule has 0 spiro atoms. The van der Waals surface area contributed by atoms with Crippen molar-refractivity contribution < 1.29 is 18.7 Å². The van der Waals surface area contributed by atoms with Crippen LogP contribution in [0.25, 0.3) is 0 Å². The van der Waals surface area contributed by atoms with E-state index in [9.17, 15) is 14.0 Å². The van der Waals surface area contributed by atoms with Gasteiger partial charge >= 0.3 is 5.97 Å². The van der Waals surface area contributed by atoms with Crippen molar-refractivity contribution in [3.8, 4) is 0 Å². The first-order valence-electron chi connectivity index (χ1n) is 11.2. The summed E-state index contributed by atoms with van der Waals surface area (Å²) in [5, 5.41) is 6.02. The Bertz CT molecular complexity index is 995. The van der Waals surface area contributed by atoms with Gasteiger partial charge in [0.25, 0.3) is 5.91 Å². The maximum absolute atomic E-state index is 14.7. The van der Waals surface area contributed by atoms with Gasteiger partial charge in [0.2, 0.25) is 0 Å². The molecule has 2 aromatic rings. The first-order valence-corrected chi connectivity index (χ1v) is 11.2. The molecule has 2 aliphatic heterocycles. The van der Waals surface area contributed by atoms with Crippen LogP contribution in [-0.2, 0) is 14.3 Å². The fourth-order valence-corrected chi connectivity index (χ4v) is 4.46. The van der Waals surface area contributed by atoms with Gasteiger partial charge in [0.15, 0.2) is 0 Å². The Morgan fingerprint density at radius 2 is 1.84 bits per heavy atom. The zero-order valence-electron chi connectivity index (χ0n) is 18.2. The zero-order chi connectivity index (χ0) is 22.5. The van der Waals surface area contributed by atoms with Crippen LogP contribution in [0.15, 0.2) is 59.7 Å². The SMILES string of the molecule is CCOC(=O)[C@H]1CCCCN1CC(=O)N1N=C(c2ccccc2)C[C@@H]1c1ccccc1F. The lowest BCUT2D eigenvalue weighted by atomic mass is 9.98. The smallest absolute Gasteiger partial charge is 0.323 e. The third kappa shape index (κ3) is 4.72. The molecule has 0 saturated carbocycles. The summed E-state index contributed by atoms with van der Waals surface area (Å²) in [7, 11) is 0. The number of benzene rings is 2. The lowest BCUT2D eigenvalue weighted by Gasteiger charge is -2.34. The summed E-state index contributed by atoms with van der Waals surface area (Å²) in [6.45, 7) is 2.77. The second kappa shape index (κ2) is 10.0. The normalized spacial score (nSPS) is 21.3. The number of nitrogens with zero attached hydrogens (tertiary/aromatic N) is 3. The quantitative estimate of drug-likeness (QED) is 0.643. The summed E-state index contributed by atoms with van der Waals surface area (Å²) in [6.07, 6.45) is 2.93. The summed E-state index contributed by atoms with van der Waals surface area (Å²) in [5.41, 5.74) is 2.09. The fourth-order valence-electron chi connectivity index (χ4n) is 4.46. The Morgan fingerprint density at radius 1 is 1.09 bits per heavy atom. The van der Waals surface area contributed by atoms with Crippen LogP contribution in [0.3, 0.4) is 0 Å². The van der Waals surface area contributed by atoms with Crippen LogP contribution in [-0.4, -0.2) is 53.2 Å². The minimum atomic E-state index is -0.523. The highest BCUT2D eigenvalue weighted by molar-refractivity contribution is 6.03. The first kappa shape index (κ1) is 22.1. The van der Waals surface area contributed by atoms with Crippen molar-refractivity contribution >= 4 is 17.6 Å². The van der Waals surface area contributed by atoms with E-state index in [1.807, 2.05) is 35.2 Å². The van der Waals surface area contributed by atoms with Gasteiger partial charge in [0.05, 0.1) is 24.9 Å². The Hall–Kier alpha value is -3.06. The van der Waals surface area contributed by atoms with Crippen LogP contribution in [0.5, 0.6) is 0 Å². The highest BCUT2D eigenvalue weighted by Gasteiger charge is 2.37. The van der Waals surface area contributed by atoms with Crippen LogP contribution in [0, 0.1) is 5.82 Å². The molecular weight excluding hydrogens is 409 g/mol. The number of likely N-dealkylation sites (tertiary alicyclic amines) is 1. The van der Waals surface area contributed by atoms with Gasteiger partial charge in [-0.15, -0.1) is 0 Å². The number of hydrogen-bond acceptors (Lipinski definition) is 5. The van der Waals surface area contributed by atoms with E-state index in [2.05, 4.69) is 5.10 Å². The number of esters is 1. The molecule has 168 valence electrons. The van der Waals surface area contributed by atoms with Gasteiger partial charge in [0.1, 0.15) is 11.9 Å². The van der Waals surface area contributed by atoms with Gasteiger partial charge in [-0.3, -0.25) is 14.5 Å². The highest BCUT2D eigenvalue weighted by Crippen LogP contribution is 2.34. The predicted octanol–water partition coefficient (Wildman–Crippen LogP) is 3.92. The van der Waals surface area contributed by atoms with Crippen molar-refractivity contribution in [2.75, 3.05) is 19.7 Å². The van der Waals surface area contributed by atoms with E-state index < -0.39 is 12.1 Å². The number of carbonyl (C=O) groups is 2. The highest BCUT2D eigenvalue weighted by atomic mass is 19.1.